The second-order valence-corrected chi connectivity index (χ2v) is 5.55. The molecule has 8 heteroatoms. The van der Waals surface area contributed by atoms with Gasteiger partial charge in [-0.15, -0.1) is 10.2 Å². The number of hydrogen-bond donors (Lipinski definition) is 1. The zero-order valence-corrected chi connectivity index (χ0v) is 14.6. The number of carbonyl (C=O) groups excluding carboxylic acids is 1. The molecule has 7 nitrogen and oxygen atoms in total. The third-order valence-corrected chi connectivity index (χ3v) is 3.65. The van der Waals surface area contributed by atoms with Crippen molar-refractivity contribution in [3.63, 3.8) is 0 Å². The van der Waals surface area contributed by atoms with Crippen molar-refractivity contribution >= 4 is 5.91 Å². The van der Waals surface area contributed by atoms with Gasteiger partial charge in [0.25, 0.3) is 5.91 Å². The molecule has 0 radical (unpaired) electrons. The van der Waals surface area contributed by atoms with Gasteiger partial charge in [0.2, 0.25) is 11.8 Å². The lowest BCUT2D eigenvalue weighted by Crippen LogP contribution is -2.30. The molecular formula is C19H18FN3O4. The summed E-state index contributed by atoms with van der Waals surface area (Å²) in [5.41, 5.74) is 0.629. The van der Waals surface area contributed by atoms with Crippen LogP contribution in [0.25, 0.3) is 11.5 Å². The number of rotatable bonds is 8. The van der Waals surface area contributed by atoms with Crippen molar-refractivity contribution in [2.75, 3.05) is 20.3 Å². The number of halogens is 1. The normalized spacial score (nSPS) is 10.4. The minimum atomic E-state index is -0.337. The molecule has 0 unspecified atom stereocenters. The van der Waals surface area contributed by atoms with Gasteiger partial charge in [-0.25, -0.2) is 4.39 Å². The van der Waals surface area contributed by atoms with Crippen LogP contribution in [0.15, 0.2) is 52.9 Å². The van der Waals surface area contributed by atoms with Crippen LogP contribution in [0.2, 0.25) is 0 Å². The van der Waals surface area contributed by atoms with E-state index >= 15 is 0 Å². The largest absolute Gasteiger partial charge is 0.493 e. The highest BCUT2D eigenvalue weighted by Gasteiger charge is 2.10. The number of hydrogen-bond acceptors (Lipinski definition) is 6. The fourth-order valence-electron chi connectivity index (χ4n) is 2.30. The highest BCUT2D eigenvalue weighted by atomic mass is 19.1. The van der Waals surface area contributed by atoms with Gasteiger partial charge in [0.1, 0.15) is 5.82 Å². The molecule has 0 atom stereocenters. The van der Waals surface area contributed by atoms with E-state index in [0.717, 1.165) is 0 Å². The van der Waals surface area contributed by atoms with Crippen LogP contribution in [0.1, 0.15) is 5.89 Å². The summed E-state index contributed by atoms with van der Waals surface area (Å²) in [5.74, 6) is 1.12. The Morgan fingerprint density at radius 1 is 1.11 bits per heavy atom. The number of nitrogens with zero attached hydrogens (tertiary/aromatic N) is 2. The molecule has 1 N–H and O–H groups in total. The predicted molar refractivity (Wildman–Crippen MR) is 94.9 cm³/mol. The average Bonchev–Trinajstić information content (AvgIpc) is 3.16. The molecular weight excluding hydrogens is 353 g/mol. The van der Waals surface area contributed by atoms with Crippen molar-refractivity contribution in [2.45, 2.75) is 6.42 Å². The van der Waals surface area contributed by atoms with Gasteiger partial charge in [-0.2, -0.15) is 0 Å². The zero-order valence-electron chi connectivity index (χ0n) is 14.6. The molecule has 140 valence electrons. The van der Waals surface area contributed by atoms with Gasteiger partial charge in [-0.05, 0) is 36.4 Å². The number of benzene rings is 2. The Balaban J connectivity index is 1.44. The summed E-state index contributed by atoms with van der Waals surface area (Å²) in [6.07, 6.45) is 0.370. The zero-order chi connectivity index (χ0) is 19.1. The van der Waals surface area contributed by atoms with Crippen molar-refractivity contribution in [2.24, 2.45) is 0 Å². The first-order chi connectivity index (χ1) is 13.2. The van der Waals surface area contributed by atoms with Gasteiger partial charge in [0, 0.05) is 18.5 Å². The fraction of sp³-hybridized carbons (Fsp3) is 0.211. The second kappa shape index (κ2) is 8.79. The Morgan fingerprint density at radius 2 is 1.85 bits per heavy atom. The topological polar surface area (TPSA) is 86.5 Å². The number of methoxy groups -OCH3 is 1. The highest BCUT2D eigenvalue weighted by Crippen LogP contribution is 2.25. The summed E-state index contributed by atoms with van der Waals surface area (Å²) >= 11 is 0. The van der Waals surface area contributed by atoms with Gasteiger partial charge >= 0.3 is 0 Å². The van der Waals surface area contributed by atoms with Gasteiger partial charge in [-0.3, -0.25) is 4.79 Å². The van der Waals surface area contributed by atoms with Crippen LogP contribution < -0.4 is 14.8 Å². The average molecular weight is 371 g/mol. The van der Waals surface area contributed by atoms with E-state index < -0.39 is 0 Å². The maximum absolute atomic E-state index is 12.9. The Hall–Kier alpha value is -3.42. The lowest BCUT2D eigenvalue weighted by molar-refractivity contribution is -0.123. The van der Waals surface area contributed by atoms with Gasteiger partial charge in [0.15, 0.2) is 18.1 Å². The summed E-state index contributed by atoms with van der Waals surface area (Å²) in [6.45, 7) is 0.185. The molecule has 1 amide bonds. The number of amides is 1. The third kappa shape index (κ3) is 5.04. The molecule has 0 spiro atoms. The Kier molecular flexibility index (Phi) is 5.98. The molecule has 3 rings (SSSR count). The molecule has 0 aliphatic heterocycles. The van der Waals surface area contributed by atoms with E-state index in [9.17, 15) is 9.18 Å². The van der Waals surface area contributed by atoms with Crippen molar-refractivity contribution in [3.8, 4) is 23.0 Å². The van der Waals surface area contributed by atoms with Crippen LogP contribution in [0.3, 0.4) is 0 Å². The van der Waals surface area contributed by atoms with Crippen LogP contribution in [-0.2, 0) is 11.2 Å². The molecule has 0 aliphatic rings. The quantitative estimate of drug-likeness (QED) is 0.655. The van der Waals surface area contributed by atoms with E-state index in [0.29, 0.717) is 41.8 Å². The van der Waals surface area contributed by atoms with Crippen LogP contribution in [0.5, 0.6) is 11.5 Å². The molecule has 0 saturated heterocycles. The Bertz CT molecular complexity index is 896. The number of ether oxygens (including phenoxy) is 2. The smallest absolute Gasteiger partial charge is 0.257 e. The molecule has 3 aromatic rings. The van der Waals surface area contributed by atoms with E-state index in [-0.39, 0.29) is 18.3 Å². The summed E-state index contributed by atoms with van der Waals surface area (Å²) in [5, 5.41) is 10.6. The summed E-state index contributed by atoms with van der Waals surface area (Å²) in [4.78, 5) is 11.9. The number of aromatic nitrogens is 2. The first kappa shape index (κ1) is 18.4. The molecule has 0 saturated carbocycles. The first-order valence-corrected chi connectivity index (χ1v) is 8.26. The second-order valence-electron chi connectivity index (χ2n) is 5.55. The van der Waals surface area contributed by atoms with Crippen LogP contribution >= 0.6 is 0 Å². The summed E-state index contributed by atoms with van der Waals surface area (Å²) in [6, 6.07) is 12.8. The Morgan fingerprint density at radius 3 is 2.59 bits per heavy atom. The molecule has 1 heterocycles. The summed E-state index contributed by atoms with van der Waals surface area (Å²) in [7, 11) is 1.53. The minimum absolute atomic E-state index is 0.134. The van der Waals surface area contributed by atoms with Crippen LogP contribution in [0, 0.1) is 5.82 Å². The Labute approximate surface area is 155 Å². The predicted octanol–water partition coefficient (Wildman–Crippen LogP) is 2.62. The van der Waals surface area contributed by atoms with E-state index in [2.05, 4.69) is 15.5 Å². The van der Waals surface area contributed by atoms with E-state index in [1.165, 1.54) is 19.2 Å². The first-order valence-electron chi connectivity index (χ1n) is 8.26. The van der Waals surface area contributed by atoms with E-state index in [1.807, 2.05) is 6.07 Å². The minimum Gasteiger partial charge on any atom is -0.493 e. The van der Waals surface area contributed by atoms with Crippen LogP contribution in [-0.4, -0.2) is 36.4 Å². The molecule has 0 fully saturated rings. The van der Waals surface area contributed by atoms with E-state index in [4.69, 9.17) is 13.9 Å². The lowest BCUT2D eigenvalue weighted by atomic mass is 10.2. The highest BCUT2D eigenvalue weighted by molar-refractivity contribution is 5.77. The number of para-hydroxylation sites is 2. The lowest BCUT2D eigenvalue weighted by Gasteiger charge is -2.10. The molecule has 2 aromatic carbocycles. The van der Waals surface area contributed by atoms with Crippen LogP contribution in [0.4, 0.5) is 4.39 Å². The van der Waals surface area contributed by atoms with Crippen molar-refractivity contribution in [1.82, 2.24) is 15.5 Å². The maximum atomic E-state index is 12.9. The van der Waals surface area contributed by atoms with Gasteiger partial charge in [0.05, 0.1) is 7.11 Å². The maximum Gasteiger partial charge on any atom is 0.257 e. The van der Waals surface area contributed by atoms with Crippen molar-refractivity contribution < 1.29 is 23.1 Å². The number of carbonyl (C=O) groups is 1. The van der Waals surface area contributed by atoms with Crippen molar-refractivity contribution in [3.05, 3.63) is 60.2 Å². The molecule has 1 aromatic heterocycles. The summed E-state index contributed by atoms with van der Waals surface area (Å²) < 4.78 is 29.0. The monoisotopic (exact) mass is 371 g/mol. The molecule has 27 heavy (non-hydrogen) atoms. The number of nitrogens with one attached hydrogen (secondary N) is 1. The van der Waals surface area contributed by atoms with Gasteiger partial charge in [-0.1, -0.05) is 12.1 Å². The van der Waals surface area contributed by atoms with Crippen molar-refractivity contribution in [1.29, 1.82) is 0 Å². The SMILES string of the molecule is COc1ccccc1OCC(=O)NCCc1nnc(-c2ccc(F)cc2)o1. The third-order valence-electron chi connectivity index (χ3n) is 3.65. The van der Waals surface area contributed by atoms with E-state index in [1.54, 1.807) is 30.3 Å². The standard InChI is InChI=1S/C19H18FN3O4/c1-25-15-4-2-3-5-16(15)26-12-17(24)21-11-10-18-22-23-19(27-18)13-6-8-14(20)9-7-13/h2-9H,10-12H2,1H3,(H,21,24). The fourth-order valence-corrected chi connectivity index (χ4v) is 2.30. The van der Waals surface area contributed by atoms with Gasteiger partial charge < -0.3 is 19.2 Å². The molecule has 0 bridgehead atoms. The molecule has 0 aliphatic carbocycles.